The standard InChI is InChI=1S/C19H18O3/c1-13(2)19(21)22-18-10-9-15(12-20)11-17(18)14(3)16-7-5-4-6-8-16/h4-12,14H,1H2,2-3H3/t14-/m1/s1. The van der Waals surface area contributed by atoms with Crippen LogP contribution in [-0.2, 0) is 4.79 Å². The first-order chi connectivity index (χ1) is 10.5. The average Bonchev–Trinajstić information content (AvgIpc) is 2.55. The van der Waals surface area contributed by atoms with Gasteiger partial charge in [-0.2, -0.15) is 0 Å². The van der Waals surface area contributed by atoms with Gasteiger partial charge in [0.05, 0.1) is 0 Å². The largest absolute Gasteiger partial charge is 0.423 e. The molecule has 2 rings (SSSR count). The van der Waals surface area contributed by atoms with Gasteiger partial charge < -0.3 is 4.74 Å². The normalized spacial score (nSPS) is 11.5. The van der Waals surface area contributed by atoms with Gasteiger partial charge in [0.2, 0.25) is 0 Å². The van der Waals surface area contributed by atoms with Gasteiger partial charge in [-0.15, -0.1) is 0 Å². The minimum atomic E-state index is -0.472. The first-order valence-electron chi connectivity index (χ1n) is 7.04. The molecular weight excluding hydrogens is 276 g/mol. The minimum absolute atomic E-state index is 0.00554. The number of carbonyl (C=O) groups is 2. The molecule has 2 aromatic carbocycles. The Labute approximate surface area is 130 Å². The second-order valence-corrected chi connectivity index (χ2v) is 5.22. The van der Waals surface area contributed by atoms with Crippen LogP contribution in [0.15, 0.2) is 60.7 Å². The van der Waals surface area contributed by atoms with Crippen LogP contribution in [0.2, 0.25) is 0 Å². The molecular formula is C19H18O3. The molecule has 0 aliphatic heterocycles. The van der Waals surface area contributed by atoms with Gasteiger partial charge in [-0.25, -0.2) is 4.79 Å². The van der Waals surface area contributed by atoms with E-state index in [0.29, 0.717) is 16.9 Å². The van der Waals surface area contributed by atoms with E-state index in [1.165, 1.54) is 0 Å². The lowest BCUT2D eigenvalue weighted by atomic mass is 9.91. The van der Waals surface area contributed by atoms with Gasteiger partial charge in [0.15, 0.2) is 0 Å². The van der Waals surface area contributed by atoms with Crippen LogP contribution in [0.4, 0.5) is 0 Å². The summed E-state index contributed by atoms with van der Waals surface area (Å²) in [4.78, 5) is 22.8. The van der Waals surface area contributed by atoms with Gasteiger partial charge >= 0.3 is 5.97 Å². The van der Waals surface area contributed by atoms with Crippen LogP contribution in [0.25, 0.3) is 0 Å². The number of carbonyl (C=O) groups excluding carboxylic acids is 2. The number of ether oxygens (including phenoxy) is 1. The number of hydrogen-bond acceptors (Lipinski definition) is 3. The Kier molecular flexibility index (Phi) is 4.89. The summed E-state index contributed by atoms with van der Waals surface area (Å²) in [5.74, 6) is -0.0238. The van der Waals surface area contributed by atoms with Crippen molar-refractivity contribution in [1.29, 1.82) is 0 Å². The molecule has 0 aromatic heterocycles. The van der Waals surface area contributed by atoms with Gasteiger partial charge in [0.25, 0.3) is 0 Å². The summed E-state index contributed by atoms with van der Waals surface area (Å²) >= 11 is 0. The van der Waals surface area contributed by atoms with Crippen LogP contribution in [0.5, 0.6) is 5.75 Å². The van der Waals surface area contributed by atoms with E-state index >= 15 is 0 Å². The molecule has 0 saturated carbocycles. The van der Waals surface area contributed by atoms with Crippen molar-refractivity contribution in [3.05, 3.63) is 77.4 Å². The second-order valence-electron chi connectivity index (χ2n) is 5.22. The average molecular weight is 294 g/mol. The van der Waals surface area contributed by atoms with E-state index in [1.807, 2.05) is 37.3 Å². The molecule has 0 amide bonds. The van der Waals surface area contributed by atoms with E-state index in [1.54, 1.807) is 25.1 Å². The van der Waals surface area contributed by atoms with Crippen LogP contribution in [-0.4, -0.2) is 12.3 Å². The first kappa shape index (κ1) is 15.7. The van der Waals surface area contributed by atoms with E-state index in [4.69, 9.17) is 4.74 Å². The summed E-state index contributed by atoms with van der Waals surface area (Å²) < 4.78 is 5.39. The molecule has 3 heteroatoms. The van der Waals surface area contributed by atoms with Gasteiger partial charge in [-0.3, -0.25) is 4.79 Å². The highest BCUT2D eigenvalue weighted by molar-refractivity contribution is 5.89. The molecule has 0 heterocycles. The highest BCUT2D eigenvalue weighted by Crippen LogP contribution is 2.32. The van der Waals surface area contributed by atoms with Gasteiger partial charge in [-0.1, -0.05) is 43.8 Å². The summed E-state index contributed by atoms with van der Waals surface area (Å²) in [5, 5.41) is 0. The Morgan fingerprint density at radius 3 is 2.45 bits per heavy atom. The zero-order chi connectivity index (χ0) is 16.1. The quantitative estimate of drug-likeness (QED) is 0.360. The van der Waals surface area contributed by atoms with Gasteiger partial charge in [0, 0.05) is 22.6 Å². The number of benzene rings is 2. The van der Waals surface area contributed by atoms with Crippen molar-refractivity contribution in [3.63, 3.8) is 0 Å². The molecule has 0 radical (unpaired) electrons. The summed E-state index contributed by atoms with van der Waals surface area (Å²) in [6.45, 7) is 7.20. The van der Waals surface area contributed by atoms with E-state index < -0.39 is 5.97 Å². The molecule has 0 aliphatic carbocycles. The second kappa shape index (κ2) is 6.85. The highest BCUT2D eigenvalue weighted by Gasteiger charge is 2.17. The third-order valence-corrected chi connectivity index (χ3v) is 3.49. The molecule has 0 unspecified atom stereocenters. The zero-order valence-electron chi connectivity index (χ0n) is 12.7. The molecule has 22 heavy (non-hydrogen) atoms. The molecule has 1 atom stereocenters. The molecule has 0 bridgehead atoms. The minimum Gasteiger partial charge on any atom is -0.423 e. The first-order valence-corrected chi connectivity index (χ1v) is 7.04. The Balaban J connectivity index is 2.44. The lowest BCUT2D eigenvalue weighted by Gasteiger charge is -2.17. The summed E-state index contributed by atoms with van der Waals surface area (Å²) in [6.07, 6.45) is 0.783. The summed E-state index contributed by atoms with van der Waals surface area (Å²) in [5.41, 5.74) is 2.76. The lowest BCUT2D eigenvalue weighted by Crippen LogP contribution is -2.11. The fraction of sp³-hybridized carbons (Fsp3) is 0.158. The van der Waals surface area contributed by atoms with Crippen molar-refractivity contribution >= 4 is 12.3 Å². The van der Waals surface area contributed by atoms with Crippen molar-refractivity contribution in [1.82, 2.24) is 0 Å². The van der Waals surface area contributed by atoms with Crippen molar-refractivity contribution in [3.8, 4) is 5.75 Å². The van der Waals surface area contributed by atoms with Crippen molar-refractivity contribution < 1.29 is 14.3 Å². The topological polar surface area (TPSA) is 43.4 Å². The van der Waals surface area contributed by atoms with Gasteiger partial charge in [0.1, 0.15) is 12.0 Å². The van der Waals surface area contributed by atoms with Crippen LogP contribution < -0.4 is 4.74 Å². The molecule has 2 aromatic rings. The van der Waals surface area contributed by atoms with E-state index in [9.17, 15) is 9.59 Å². The molecule has 0 fully saturated rings. The molecule has 112 valence electrons. The molecule has 0 aliphatic rings. The fourth-order valence-corrected chi connectivity index (χ4v) is 2.18. The van der Waals surface area contributed by atoms with Crippen LogP contribution >= 0.6 is 0 Å². The van der Waals surface area contributed by atoms with Crippen molar-refractivity contribution in [2.24, 2.45) is 0 Å². The fourth-order valence-electron chi connectivity index (χ4n) is 2.18. The van der Waals surface area contributed by atoms with Crippen LogP contribution in [0.3, 0.4) is 0 Å². The number of rotatable bonds is 5. The van der Waals surface area contributed by atoms with Crippen LogP contribution in [0.1, 0.15) is 41.3 Å². The summed E-state index contributed by atoms with van der Waals surface area (Å²) in [7, 11) is 0. The Hall–Kier alpha value is -2.68. The molecule has 0 saturated heterocycles. The molecule has 0 spiro atoms. The maximum absolute atomic E-state index is 11.8. The third-order valence-electron chi connectivity index (χ3n) is 3.49. The smallest absolute Gasteiger partial charge is 0.338 e. The number of aldehydes is 1. The predicted octanol–water partition coefficient (Wildman–Crippen LogP) is 4.13. The number of esters is 1. The van der Waals surface area contributed by atoms with Crippen molar-refractivity contribution in [2.75, 3.05) is 0 Å². The zero-order valence-corrected chi connectivity index (χ0v) is 12.7. The van der Waals surface area contributed by atoms with E-state index in [2.05, 4.69) is 6.58 Å². The predicted molar refractivity (Wildman–Crippen MR) is 86.2 cm³/mol. The summed E-state index contributed by atoms with van der Waals surface area (Å²) in [6, 6.07) is 14.9. The highest BCUT2D eigenvalue weighted by atomic mass is 16.5. The van der Waals surface area contributed by atoms with E-state index in [-0.39, 0.29) is 5.92 Å². The van der Waals surface area contributed by atoms with Crippen molar-refractivity contribution in [2.45, 2.75) is 19.8 Å². The SMILES string of the molecule is C=C(C)C(=O)Oc1ccc(C=O)cc1[C@H](C)c1ccccc1. The Bertz CT molecular complexity index is 702. The Morgan fingerprint density at radius 1 is 1.18 bits per heavy atom. The molecule has 0 N–H and O–H groups in total. The monoisotopic (exact) mass is 294 g/mol. The molecule has 3 nitrogen and oxygen atoms in total. The van der Waals surface area contributed by atoms with Crippen LogP contribution in [0, 0.1) is 0 Å². The van der Waals surface area contributed by atoms with E-state index in [0.717, 1.165) is 17.4 Å². The Morgan fingerprint density at radius 2 is 1.86 bits per heavy atom. The third kappa shape index (κ3) is 3.50. The maximum Gasteiger partial charge on any atom is 0.338 e. The van der Waals surface area contributed by atoms with Gasteiger partial charge in [-0.05, 0) is 30.7 Å². The maximum atomic E-state index is 11.8. The number of hydrogen-bond donors (Lipinski definition) is 0. The lowest BCUT2D eigenvalue weighted by molar-refractivity contribution is -0.130.